The number of fused-ring (bicyclic) bond motifs is 7. The van der Waals surface area contributed by atoms with Gasteiger partial charge < -0.3 is 4.57 Å². The second-order valence-electron chi connectivity index (χ2n) is 11.2. The van der Waals surface area contributed by atoms with Gasteiger partial charge in [-0.3, -0.25) is 0 Å². The average molecular weight is 579 g/mol. The molecule has 9 aromatic rings. The maximum absolute atomic E-state index is 5.29. The molecule has 0 aliphatic rings. The highest BCUT2D eigenvalue weighted by Gasteiger charge is 2.20. The van der Waals surface area contributed by atoms with Gasteiger partial charge in [0, 0.05) is 47.8 Å². The van der Waals surface area contributed by atoms with Crippen LogP contribution in [0.2, 0.25) is 0 Å². The highest BCUT2D eigenvalue weighted by Crippen LogP contribution is 2.46. The topological polar surface area (TPSA) is 17.8 Å². The van der Waals surface area contributed by atoms with Crippen molar-refractivity contribution in [1.82, 2.24) is 9.55 Å². The minimum Gasteiger partial charge on any atom is -0.309 e. The molecule has 0 unspecified atom stereocenters. The van der Waals surface area contributed by atoms with E-state index in [-0.39, 0.29) is 0 Å². The molecule has 0 fully saturated rings. The van der Waals surface area contributed by atoms with Crippen LogP contribution in [0.5, 0.6) is 0 Å². The molecule has 0 saturated heterocycles. The van der Waals surface area contributed by atoms with Crippen LogP contribution in [0.3, 0.4) is 0 Å². The molecule has 0 bridgehead atoms. The smallest absolute Gasteiger partial charge is 0.0722 e. The van der Waals surface area contributed by atoms with Gasteiger partial charge in [0.25, 0.3) is 0 Å². The summed E-state index contributed by atoms with van der Waals surface area (Å²) in [6.45, 7) is 0. The summed E-state index contributed by atoms with van der Waals surface area (Å²) in [6, 6.07) is 56.3. The Kier molecular flexibility index (Phi) is 5.71. The van der Waals surface area contributed by atoms with Crippen molar-refractivity contribution in [2.75, 3.05) is 0 Å². The number of rotatable bonds is 4. The lowest BCUT2D eigenvalue weighted by atomic mass is 9.97. The van der Waals surface area contributed by atoms with Crippen molar-refractivity contribution < 1.29 is 0 Å². The molecule has 0 amide bonds. The summed E-state index contributed by atoms with van der Waals surface area (Å²) in [5.41, 5.74) is 10.2. The minimum absolute atomic E-state index is 0.979. The Hall–Kier alpha value is -5.51. The number of hydrogen-bond acceptors (Lipinski definition) is 2. The van der Waals surface area contributed by atoms with Gasteiger partial charge in [0.1, 0.15) is 0 Å². The van der Waals surface area contributed by atoms with E-state index in [1.165, 1.54) is 58.8 Å². The molecule has 0 spiro atoms. The Labute approximate surface area is 259 Å². The number of hydrogen-bond donors (Lipinski definition) is 0. The van der Waals surface area contributed by atoms with Crippen LogP contribution >= 0.6 is 11.3 Å². The molecule has 3 heteroatoms. The minimum atomic E-state index is 0.979. The number of thiophene rings is 1. The van der Waals surface area contributed by atoms with Gasteiger partial charge in [0.2, 0.25) is 0 Å². The van der Waals surface area contributed by atoms with Gasteiger partial charge in [-0.1, -0.05) is 115 Å². The Morgan fingerprint density at radius 3 is 1.93 bits per heavy atom. The molecule has 0 aliphatic carbocycles. The summed E-state index contributed by atoms with van der Waals surface area (Å²) in [5.74, 6) is 0. The fourth-order valence-corrected chi connectivity index (χ4v) is 7.91. The van der Waals surface area contributed by atoms with Crippen LogP contribution in [0.25, 0.3) is 81.3 Å². The van der Waals surface area contributed by atoms with Crippen molar-refractivity contribution in [3.05, 3.63) is 158 Å². The molecule has 206 valence electrons. The summed E-state index contributed by atoms with van der Waals surface area (Å²) in [5, 5.41) is 5.13. The number of benzene rings is 6. The molecular weight excluding hydrogens is 553 g/mol. The second kappa shape index (κ2) is 10.0. The van der Waals surface area contributed by atoms with Crippen molar-refractivity contribution in [3.8, 4) is 39.3 Å². The van der Waals surface area contributed by atoms with E-state index in [2.05, 4.69) is 162 Å². The van der Waals surface area contributed by atoms with E-state index in [0.717, 1.165) is 22.5 Å². The standard InChI is InChI=1S/C41H26N2S/c1-4-13-27(14-5-1)29-25-34(28-15-6-2-7-16-28)42-35(26-29)31-20-12-22-38-39(31)33-23-24-37-40(41(33)44-38)32-19-10-11-21-36(32)43(37)30-17-8-3-9-18-30/h1-26H. The Bertz CT molecular complexity index is 2420. The maximum atomic E-state index is 5.29. The van der Waals surface area contributed by atoms with Crippen LogP contribution in [0.15, 0.2) is 158 Å². The maximum Gasteiger partial charge on any atom is 0.0722 e. The van der Waals surface area contributed by atoms with E-state index in [4.69, 9.17) is 4.98 Å². The van der Waals surface area contributed by atoms with Crippen LogP contribution in [-0.2, 0) is 0 Å². The third-order valence-electron chi connectivity index (χ3n) is 8.59. The molecule has 2 nitrogen and oxygen atoms in total. The molecule has 0 aliphatic heterocycles. The second-order valence-corrected chi connectivity index (χ2v) is 12.2. The number of para-hydroxylation sites is 2. The molecule has 0 saturated carbocycles. The fraction of sp³-hybridized carbons (Fsp3) is 0. The average Bonchev–Trinajstić information content (AvgIpc) is 3.65. The normalized spacial score (nSPS) is 11.6. The first-order chi connectivity index (χ1) is 21.8. The first-order valence-electron chi connectivity index (χ1n) is 14.9. The van der Waals surface area contributed by atoms with Gasteiger partial charge in [-0.2, -0.15) is 0 Å². The van der Waals surface area contributed by atoms with E-state index in [1.807, 2.05) is 11.3 Å². The summed E-state index contributed by atoms with van der Waals surface area (Å²) >= 11 is 1.88. The summed E-state index contributed by atoms with van der Waals surface area (Å²) in [4.78, 5) is 5.29. The largest absolute Gasteiger partial charge is 0.309 e. The molecule has 0 N–H and O–H groups in total. The van der Waals surface area contributed by atoms with Crippen LogP contribution in [0.4, 0.5) is 0 Å². The first-order valence-corrected chi connectivity index (χ1v) is 15.7. The molecule has 44 heavy (non-hydrogen) atoms. The quantitative estimate of drug-likeness (QED) is 0.203. The van der Waals surface area contributed by atoms with E-state index in [1.54, 1.807) is 0 Å². The highest BCUT2D eigenvalue weighted by atomic mass is 32.1. The number of nitrogens with zero attached hydrogens (tertiary/aromatic N) is 2. The number of aromatic nitrogens is 2. The zero-order valence-corrected chi connectivity index (χ0v) is 24.6. The zero-order chi connectivity index (χ0) is 29.0. The van der Waals surface area contributed by atoms with Crippen molar-refractivity contribution in [3.63, 3.8) is 0 Å². The van der Waals surface area contributed by atoms with Gasteiger partial charge in [-0.25, -0.2) is 4.98 Å². The predicted octanol–water partition coefficient (Wildman–Crippen LogP) is 11.5. The summed E-state index contributed by atoms with van der Waals surface area (Å²) < 4.78 is 4.99. The van der Waals surface area contributed by atoms with Gasteiger partial charge in [0.05, 0.1) is 22.4 Å². The lowest BCUT2D eigenvalue weighted by Gasteiger charge is -2.11. The van der Waals surface area contributed by atoms with Crippen LogP contribution in [0, 0.1) is 0 Å². The molecule has 0 radical (unpaired) electrons. The SMILES string of the molecule is c1ccc(-c2cc(-c3ccccc3)nc(-c3cccc4sc5c(ccc6c5c5ccccc5n6-c5ccccc5)c34)c2)cc1. The van der Waals surface area contributed by atoms with Crippen molar-refractivity contribution in [2.24, 2.45) is 0 Å². The van der Waals surface area contributed by atoms with E-state index in [0.29, 0.717) is 0 Å². The van der Waals surface area contributed by atoms with Crippen LogP contribution in [0.1, 0.15) is 0 Å². The zero-order valence-electron chi connectivity index (χ0n) is 23.8. The molecular formula is C41H26N2S. The van der Waals surface area contributed by atoms with Crippen LogP contribution < -0.4 is 0 Å². The highest BCUT2D eigenvalue weighted by molar-refractivity contribution is 7.27. The van der Waals surface area contributed by atoms with Crippen molar-refractivity contribution in [1.29, 1.82) is 0 Å². The predicted molar refractivity (Wildman–Crippen MR) is 188 cm³/mol. The Balaban J connectivity index is 1.34. The van der Waals surface area contributed by atoms with Crippen molar-refractivity contribution in [2.45, 2.75) is 0 Å². The molecule has 3 heterocycles. The van der Waals surface area contributed by atoms with Gasteiger partial charge in [-0.15, -0.1) is 11.3 Å². The Morgan fingerprint density at radius 1 is 0.455 bits per heavy atom. The van der Waals surface area contributed by atoms with Gasteiger partial charge in [0.15, 0.2) is 0 Å². The molecule has 3 aromatic heterocycles. The van der Waals surface area contributed by atoms with Crippen molar-refractivity contribution >= 4 is 53.3 Å². The van der Waals surface area contributed by atoms with E-state index in [9.17, 15) is 0 Å². The molecule has 9 rings (SSSR count). The number of pyridine rings is 1. The first kappa shape index (κ1) is 25.0. The van der Waals surface area contributed by atoms with Gasteiger partial charge >= 0.3 is 0 Å². The lowest BCUT2D eigenvalue weighted by molar-refractivity contribution is 1.18. The lowest BCUT2D eigenvalue weighted by Crippen LogP contribution is -1.92. The third-order valence-corrected chi connectivity index (χ3v) is 9.78. The van der Waals surface area contributed by atoms with E-state index >= 15 is 0 Å². The molecule has 0 atom stereocenters. The van der Waals surface area contributed by atoms with Crippen LogP contribution in [-0.4, -0.2) is 9.55 Å². The molecule has 6 aromatic carbocycles. The monoisotopic (exact) mass is 578 g/mol. The summed E-state index contributed by atoms with van der Waals surface area (Å²) in [6.07, 6.45) is 0. The Morgan fingerprint density at radius 2 is 1.14 bits per heavy atom. The van der Waals surface area contributed by atoms with E-state index < -0.39 is 0 Å². The summed E-state index contributed by atoms with van der Waals surface area (Å²) in [7, 11) is 0. The third kappa shape index (κ3) is 3.90. The fourth-order valence-electron chi connectivity index (χ4n) is 6.63. The van der Waals surface area contributed by atoms with Gasteiger partial charge in [-0.05, 0) is 53.6 Å².